The number of aromatic nitrogens is 3. The van der Waals surface area contributed by atoms with E-state index < -0.39 is 0 Å². The molecule has 80 valence electrons. The number of hydrogen-bond acceptors (Lipinski definition) is 2. The molecule has 0 atom stereocenters. The summed E-state index contributed by atoms with van der Waals surface area (Å²) in [5.74, 6) is 2.64. The third kappa shape index (κ3) is 2.08. The average Bonchev–Trinajstić information content (AvgIpc) is 2.45. The quantitative estimate of drug-likeness (QED) is 0.711. The molecule has 1 aromatic heterocycles. The van der Waals surface area contributed by atoms with Crippen LogP contribution < -0.4 is 0 Å². The summed E-state index contributed by atoms with van der Waals surface area (Å²) < 4.78 is 2.13. The maximum atomic E-state index is 5.83. The van der Waals surface area contributed by atoms with Crippen LogP contribution in [0.5, 0.6) is 0 Å². The number of alkyl halides is 1. The van der Waals surface area contributed by atoms with Gasteiger partial charge in [0.1, 0.15) is 11.6 Å². The Morgan fingerprint density at radius 2 is 1.86 bits per heavy atom. The minimum Gasteiger partial charge on any atom is -0.308 e. The molecule has 0 amide bonds. The summed E-state index contributed by atoms with van der Waals surface area (Å²) in [7, 11) is 0. The number of hydrogen-bond donors (Lipinski definition) is 0. The first-order valence-electron chi connectivity index (χ1n) is 4.88. The van der Waals surface area contributed by atoms with E-state index in [1.165, 1.54) is 0 Å². The van der Waals surface area contributed by atoms with E-state index in [1.54, 1.807) is 0 Å². The van der Waals surface area contributed by atoms with Crippen molar-refractivity contribution in [3.8, 4) is 0 Å². The van der Waals surface area contributed by atoms with Gasteiger partial charge in [-0.25, -0.2) is 0 Å². The molecule has 0 saturated heterocycles. The van der Waals surface area contributed by atoms with Crippen LogP contribution in [0, 0.1) is 0 Å². The topological polar surface area (TPSA) is 30.7 Å². The third-order valence-corrected chi connectivity index (χ3v) is 2.30. The van der Waals surface area contributed by atoms with Gasteiger partial charge >= 0.3 is 0 Å². The van der Waals surface area contributed by atoms with Gasteiger partial charge in [-0.15, -0.1) is 21.8 Å². The lowest BCUT2D eigenvalue weighted by Gasteiger charge is -2.25. The second-order valence-electron chi connectivity index (χ2n) is 4.77. The van der Waals surface area contributed by atoms with Crippen molar-refractivity contribution in [3.63, 3.8) is 0 Å². The van der Waals surface area contributed by atoms with E-state index in [0.29, 0.717) is 11.8 Å². The second-order valence-corrected chi connectivity index (χ2v) is 5.04. The lowest BCUT2D eigenvalue weighted by atomic mass is 10.1. The van der Waals surface area contributed by atoms with Crippen molar-refractivity contribution in [2.45, 2.75) is 52.0 Å². The number of halogens is 1. The van der Waals surface area contributed by atoms with Crippen LogP contribution in [0.1, 0.15) is 52.2 Å². The fourth-order valence-corrected chi connectivity index (χ4v) is 1.69. The minimum absolute atomic E-state index is 0.00662. The van der Waals surface area contributed by atoms with Crippen LogP contribution >= 0.6 is 11.6 Å². The predicted octanol–water partition coefficient (Wildman–Crippen LogP) is 2.90. The van der Waals surface area contributed by atoms with Crippen molar-refractivity contribution in [1.29, 1.82) is 0 Å². The summed E-state index contributed by atoms with van der Waals surface area (Å²) in [4.78, 5) is 0. The van der Waals surface area contributed by atoms with Gasteiger partial charge in [-0.05, 0) is 20.8 Å². The molecule has 0 spiro atoms. The first-order chi connectivity index (χ1) is 6.38. The highest BCUT2D eigenvalue weighted by Gasteiger charge is 2.23. The van der Waals surface area contributed by atoms with Crippen LogP contribution in [0.3, 0.4) is 0 Å². The highest BCUT2D eigenvalue weighted by atomic mass is 35.5. The molecule has 3 nitrogen and oxygen atoms in total. The van der Waals surface area contributed by atoms with E-state index in [1.807, 2.05) is 0 Å². The molecule has 0 bridgehead atoms. The van der Waals surface area contributed by atoms with Crippen molar-refractivity contribution < 1.29 is 0 Å². The predicted molar refractivity (Wildman–Crippen MR) is 58.7 cm³/mol. The Bertz CT molecular complexity index is 310. The minimum atomic E-state index is -0.00662. The van der Waals surface area contributed by atoms with Gasteiger partial charge in [-0.3, -0.25) is 0 Å². The number of rotatable bonds is 2. The zero-order valence-electron chi connectivity index (χ0n) is 9.50. The molecule has 0 saturated carbocycles. The molecule has 0 aliphatic rings. The Hall–Kier alpha value is -0.570. The first kappa shape index (κ1) is 11.5. The summed E-state index contributed by atoms with van der Waals surface area (Å²) in [5.41, 5.74) is -0.00662. The Balaban J connectivity index is 3.27. The second kappa shape index (κ2) is 3.89. The average molecular weight is 216 g/mol. The normalized spacial score (nSPS) is 12.5. The van der Waals surface area contributed by atoms with Gasteiger partial charge in [0.2, 0.25) is 0 Å². The van der Waals surface area contributed by atoms with E-state index in [9.17, 15) is 0 Å². The molecule has 0 aliphatic carbocycles. The summed E-state index contributed by atoms with van der Waals surface area (Å²) >= 11 is 5.83. The van der Waals surface area contributed by atoms with Crippen molar-refractivity contribution in [3.05, 3.63) is 11.6 Å². The Labute approximate surface area is 90.5 Å². The van der Waals surface area contributed by atoms with Crippen molar-refractivity contribution >= 4 is 11.6 Å². The molecule has 0 fully saturated rings. The molecule has 1 aromatic rings. The zero-order valence-corrected chi connectivity index (χ0v) is 10.3. The van der Waals surface area contributed by atoms with Crippen molar-refractivity contribution in [2.75, 3.05) is 0 Å². The molecule has 0 N–H and O–H groups in total. The van der Waals surface area contributed by atoms with Crippen molar-refractivity contribution in [1.82, 2.24) is 14.8 Å². The van der Waals surface area contributed by atoms with Gasteiger partial charge in [-0.1, -0.05) is 13.8 Å². The summed E-state index contributed by atoms with van der Waals surface area (Å²) in [6.07, 6.45) is 0. The summed E-state index contributed by atoms with van der Waals surface area (Å²) in [6.45, 7) is 10.6. The van der Waals surface area contributed by atoms with Gasteiger partial charge in [-0.2, -0.15) is 0 Å². The lowest BCUT2D eigenvalue weighted by molar-refractivity contribution is 0.367. The smallest absolute Gasteiger partial charge is 0.148 e. The SMILES string of the molecule is CC(C)c1nnc(CCl)n1C(C)(C)C. The lowest BCUT2D eigenvalue weighted by Crippen LogP contribution is -2.26. The Morgan fingerprint density at radius 1 is 1.29 bits per heavy atom. The standard InChI is InChI=1S/C10H18ClN3/c1-7(2)9-13-12-8(6-11)14(9)10(3,4)5/h7H,6H2,1-5H3. The molecular weight excluding hydrogens is 198 g/mol. The van der Waals surface area contributed by atoms with Gasteiger partial charge in [0.05, 0.1) is 5.88 Å². The summed E-state index contributed by atoms with van der Waals surface area (Å²) in [6, 6.07) is 0. The van der Waals surface area contributed by atoms with Gasteiger partial charge < -0.3 is 4.57 Å². The highest BCUT2D eigenvalue weighted by Crippen LogP contribution is 2.23. The van der Waals surface area contributed by atoms with Crippen LogP contribution in [-0.2, 0) is 11.4 Å². The highest BCUT2D eigenvalue weighted by molar-refractivity contribution is 6.16. The fraction of sp³-hybridized carbons (Fsp3) is 0.800. The van der Waals surface area contributed by atoms with Crippen LogP contribution in [-0.4, -0.2) is 14.8 Å². The monoisotopic (exact) mass is 215 g/mol. The molecule has 0 radical (unpaired) electrons. The number of nitrogens with zero attached hydrogens (tertiary/aromatic N) is 3. The molecule has 0 unspecified atom stereocenters. The largest absolute Gasteiger partial charge is 0.308 e. The molecule has 14 heavy (non-hydrogen) atoms. The summed E-state index contributed by atoms with van der Waals surface area (Å²) in [5, 5.41) is 8.28. The Morgan fingerprint density at radius 3 is 2.21 bits per heavy atom. The van der Waals surface area contributed by atoms with E-state index in [2.05, 4.69) is 49.4 Å². The van der Waals surface area contributed by atoms with Gasteiger partial charge in [0.15, 0.2) is 0 Å². The van der Waals surface area contributed by atoms with E-state index in [0.717, 1.165) is 11.6 Å². The fourth-order valence-electron chi connectivity index (χ4n) is 1.52. The molecule has 4 heteroatoms. The van der Waals surface area contributed by atoms with Crippen molar-refractivity contribution in [2.24, 2.45) is 0 Å². The molecule has 1 heterocycles. The van der Waals surface area contributed by atoms with Gasteiger partial charge in [0, 0.05) is 11.5 Å². The first-order valence-corrected chi connectivity index (χ1v) is 5.42. The molecule has 0 aliphatic heterocycles. The van der Waals surface area contributed by atoms with E-state index >= 15 is 0 Å². The molecular formula is C10H18ClN3. The van der Waals surface area contributed by atoms with Crippen LogP contribution in [0.25, 0.3) is 0 Å². The zero-order chi connectivity index (χ0) is 10.9. The van der Waals surface area contributed by atoms with E-state index in [4.69, 9.17) is 11.6 Å². The van der Waals surface area contributed by atoms with Crippen LogP contribution in [0.2, 0.25) is 0 Å². The molecule has 0 aromatic carbocycles. The third-order valence-electron chi connectivity index (χ3n) is 2.06. The Kier molecular flexibility index (Phi) is 3.20. The van der Waals surface area contributed by atoms with Gasteiger partial charge in [0.25, 0.3) is 0 Å². The van der Waals surface area contributed by atoms with Crippen LogP contribution in [0.15, 0.2) is 0 Å². The van der Waals surface area contributed by atoms with E-state index in [-0.39, 0.29) is 5.54 Å². The molecule has 1 rings (SSSR count). The maximum absolute atomic E-state index is 5.83. The maximum Gasteiger partial charge on any atom is 0.148 e. The van der Waals surface area contributed by atoms with Crippen LogP contribution in [0.4, 0.5) is 0 Å².